The van der Waals surface area contributed by atoms with Crippen LogP contribution >= 0.6 is 0 Å². The summed E-state index contributed by atoms with van der Waals surface area (Å²) in [7, 11) is -3.91. The molecular formula is C19H15NO3S. The zero-order valence-electron chi connectivity index (χ0n) is 12.7. The zero-order valence-corrected chi connectivity index (χ0v) is 13.5. The van der Waals surface area contributed by atoms with Gasteiger partial charge in [-0.1, -0.05) is 60.7 Å². The van der Waals surface area contributed by atoms with Crippen LogP contribution in [-0.4, -0.2) is 14.3 Å². The van der Waals surface area contributed by atoms with Crippen LogP contribution in [0.2, 0.25) is 0 Å². The van der Waals surface area contributed by atoms with Crippen LogP contribution in [0, 0.1) is 0 Å². The molecule has 0 aromatic heterocycles. The van der Waals surface area contributed by atoms with Crippen molar-refractivity contribution in [3.05, 3.63) is 90.5 Å². The highest BCUT2D eigenvalue weighted by atomic mass is 32.2. The predicted molar refractivity (Wildman–Crippen MR) is 93.0 cm³/mol. The van der Waals surface area contributed by atoms with Crippen molar-refractivity contribution in [2.75, 3.05) is 0 Å². The maximum absolute atomic E-state index is 12.3. The number of hydrogen-bond acceptors (Lipinski definition) is 3. The third-order valence-corrected chi connectivity index (χ3v) is 4.88. The second-order valence-corrected chi connectivity index (χ2v) is 6.87. The second kappa shape index (κ2) is 6.68. The van der Waals surface area contributed by atoms with Gasteiger partial charge in [0.15, 0.2) is 0 Å². The van der Waals surface area contributed by atoms with E-state index in [0.717, 1.165) is 11.1 Å². The Bertz CT molecular complexity index is 935. The van der Waals surface area contributed by atoms with E-state index in [1.165, 1.54) is 12.1 Å². The van der Waals surface area contributed by atoms with Crippen LogP contribution in [0.4, 0.5) is 0 Å². The predicted octanol–water partition coefficient (Wildman–Crippen LogP) is 3.47. The molecule has 3 rings (SSSR count). The number of benzene rings is 3. The van der Waals surface area contributed by atoms with Crippen LogP contribution < -0.4 is 4.72 Å². The molecule has 0 fully saturated rings. The van der Waals surface area contributed by atoms with E-state index >= 15 is 0 Å². The summed E-state index contributed by atoms with van der Waals surface area (Å²) in [6.07, 6.45) is 0. The highest BCUT2D eigenvalue weighted by Crippen LogP contribution is 2.21. The van der Waals surface area contributed by atoms with E-state index in [9.17, 15) is 13.2 Å². The summed E-state index contributed by atoms with van der Waals surface area (Å²) >= 11 is 0. The third kappa shape index (κ3) is 3.52. The lowest BCUT2D eigenvalue weighted by Crippen LogP contribution is -2.30. The van der Waals surface area contributed by atoms with E-state index in [1.807, 2.05) is 30.3 Å². The summed E-state index contributed by atoms with van der Waals surface area (Å²) in [5.74, 6) is -0.650. The maximum Gasteiger partial charge on any atom is 0.264 e. The molecule has 0 bridgehead atoms. The molecule has 1 amide bonds. The minimum Gasteiger partial charge on any atom is -0.268 e. The van der Waals surface area contributed by atoms with E-state index in [4.69, 9.17) is 0 Å². The first kappa shape index (κ1) is 16.0. The van der Waals surface area contributed by atoms with E-state index in [2.05, 4.69) is 4.72 Å². The molecule has 4 nitrogen and oxygen atoms in total. The van der Waals surface area contributed by atoms with E-state index < -0.39 is 15.9 Å². The number of sulfonamides is 1. The first-order valence-electron chi connectivity index (χ1n) is 7.34. The van der Waals surface area contributed by atoms with Gasteiger partial charge in [-0.25, -0.2) is 13.1 Å². The van der Waals surface area contributed by atoms with Gasteiger partial charge in [0.05, 0.1) is 4.90 Å². The van der Waals surface area contributed by atoms with Gasteiger partial charge >= 0.3 is 0 Å². The van der Waals surface area contributed by atoms with Crippen LogP contribution in [0.1, 0.15) is 10.4 Å². The second-order valence-electron chi connectivity index (χ2n) is 5.19. The van der Waals surface area contributed by atoms with E-state index in [0.29, 0.717) is 5.56 Å². The molecule has 1 N–H and O–H groups in total. The fourth-order valence-corrected chi connectivity index (χ4v) is 3.26. The van der Waals surface area contributed by atoms with Crippen LogP contribution in [0.25, 0.3) is 11.1 Å². The lowest BCUT2D eigenvalue weighted by atomic mass is 10.1. The van der Waals surface area contributed by atoms with Crippen molar-refractivity contribution in [3.8, 4) is 11.1 Å². The van der Waals surface area contributed by atoms with Crippen LogP contribution in [0.15, 0.2) is 89.8 Å². The summed E-state index contributed by atoms with van der Waals surface area (Å²) in [6, 6.07) is 24.3. The van der Waals surface area contributed by atoms with Crippen molar-refractivity contribution in [1.82, 2.24) is 4.72 Å². The van der Waals surface area contributed by atoms with Gasteiger partial charge in [0.25, 0.3) is 15.9 Å². The number of amides is 1. The SMILES string of the molecule is O=C(NS(=O)(=O)c1ccc(-c2ccccc2)cc1)c1ccccc1. The molecule has 5 heteroatoms. The first-order valence-corrected chi connectivity index (χ1v) is 8.82. The van der Waals surface area contributed by atoms with Crippen molar-refractivity contribution in [2.24, 2.45) is 0 Å². The summed E-state index contributed by atoms with van der Waals surface area (Å²) in [5.41, 5.74) is 2.20. The zero-order chi connectivity index (χ0) is 17.0. The summed E-state index contributed by atoms with van der Waals surface area (Å²) in [5, 5.41) is 0. The highest BCUT2D eigenvalue weighted by Gasteiger charge is 2.18. The molecule has 0 radical (unpaired) electrons. The maximum atomic E-state index is 12.3. The lowest BCUT2D eigenvalue weighted by molar-refractivity contribution is 0.0981. The van der Waals surface area contributed by atoms with Gasteiger partial charge in [0, 0.05) is 5.56 Å². The summed E-state index contributed by atoms with van der Waals surface area (Å²) in [4.78, 5) is 12.1. The number of rotatable bonds is 4. The van der Waals surface area contributed by atoms with Gasteiger partial charge in [-0.05, 0) is 35.4 Å². The van der Waals surface area contributed by atoms with Crippen LogP contribution in [-0.2, 0) is 10.0 Å². The lowest BCUT2D eigenvalue weighted by Gasteiger charge is -2.08. The van der Waals surface area contributed by atoms with Crippen molar-refractivity contribution in [1.29, 1.82) is 0 Å². The molecule has 3 aromatic rings. The van der Waals surface area contributed by atoms with E-state index in [-0.39, 0.29) is 4.90 Å². The van der Waals surface area contributed by atoms with Gasteiger partial charge in [-0.3, -0.25) is 4.79 Å². The minimum atomic E-state index is -3.91. The third-order valence-electron chi connectivity index (χ3n) is 3.53. The average molecular weight is 337 g/mol. The Hall–Kier alpha value is -2.92. The first-order chi connectivity index (χ1) is 11.6. The molecule has 0 aliphatic heterocycles. The Labute approximate surface area is 140 Å². The van der Waals surface area contributed by atoms with Crippen molar-refractivity contribution < 1.29 is 13.2 Å². The molecule has 24 heavy (non-hydrogen) atoms. The normalized spacial score (nSPS) is 11.0. The minimum absolute atomic E-state index is 0.0477. The molecule has 120 valence electrons. The molecule has 0 saturated heterocycles. The Morgan fingerprint density at radius 2 is 1.17 bits per heavy atom. The molecule has 0 unspecified atom stereocenters. The van der Waals surface area contributed by atoms with Gasteiger partial charge in [-0.2, -0.15) is 0 Å². The molecule has 0 heterocycles. The molecule has 3 aromatic carbocycles. The van der Waals surface area contributed by atoms with Gasteiger partial charge in [-0.15, -0.1) is 0 Å². The monoisotopic (exact) mass is 337 g/mol. The Kier molecular flexibility index (Phi) is 4.44. The molecule has 0 spiro atoms. The fraction of sp³-hybridized carbons (Fsp3) is 0. The van der Waals surface area contributed by atoms with Crippen molar-refractivity contribution in [2.45, 2.75) is 4.90 Å². The number of hydrogen-bond donors (Lipinski definition) is 1. The molecule has 0 aliphatic rings. The van der Waals surface area contributed by atoms with Gasteiger partial charge < -0.3 is 0 Å². The Balaban J connectivity index is 1.81. The van der Waals surface area contributed by atoms with Crippen LogP contribution in [0.5, 0.6) is 0 Å². The van der Waals surface area contributed by atoms with Gasteiger partial charge in [0.2, 0.25) is 0 Å². The number of carbonyl (C=O) groups is 1. The largest absolute Gasteiger partial charge is 0.268 e. The van der Waals surface area contributed by atoms with Gasteiger partial charge in [0.1, 0.15) is 0 Å². The van der Waals surface area contributed by atoms with E-state index in [1.54, 1.807) is 42.5 Å². The Morgan fingerprint density at radius 1 is 0.667 bits per heavy atom. The average Bonchev–Trinajstić information content (AvgIpc) is 2.63. The summed E-state index contributed by atoms with van der Waals surface area (Å²) < 4.78 is 26.7. The number of nitrogens with one attached hydrogen (secondary N) is 1. The molecular weight excluding hydrogens is 322 g/mol. The smallest absolute Gasteiger partial charge is 0.264 e. The summed E-state index contributed by atoms with van der Waals surface area (Å²) in [6.45, 7) is 0. The Morgan fingerprint density at radius 3 is 1.75 bits per heavy atom. The topological polar surface area (TPSA) is 63.2 Å². The molecule has 0 aliphatic carbocycles. The fourth-order valence-electron chi connectivity index (χ4n) is 2.29. The quantitative estimate of drug-likeness (QED) is 0.793. The highest BCUT2D eigenvalue weighted by molar-refractivity contribution is 7.90. The van der Waals surface area contributed by atoms with Crippen molar-refractivity contribution >= 4 is 15.9 Å². The standard InChI is InChI=1S/C19H15NO3S/c21-19(17-9-5-2-6-10-17)20-24(22,23)18-13-11-16(12-14-18)15-7-3-1-4-8-15/h1-14H,(H,20,21). The molecule has 0 saturated carbocycles. The number of carbonyl (C=O) groups excluding carboxylic acids is 1. The van der Waals surface area contributed by atoms with Crippen LogP contribution in [0.3, 0.4) is 0 Å². The molecule has 0 atom stereocenters. The van der Waals surface area contributed by atoms with Crippen molar-refractivity contribution in [3.63, 3.8) is 0 Å².